The number of fused-ring (bicyclic) bond motifs is 1. The highest BCUT2D eigenvalue weighted by molar-refractivity contribution is 6.00. The van der Waals surface area contributed by atoms with Gasteiger partial charge in [0.15, 0.2) is 5.96 Å². The summed E-state index contributed by atoms with van der Waals surface area (Å²) < 4.78 is 77.4. The largest absolute Gasteiger partial charge is 0.490 e. The third-order valence-corrected chi connectivity index (χ3v) is 8.43. The zero-order chi connectivity index (χ0) is 48.2. The molecule has 0 aliphatic carbocycles. The van der Waals surface area contributed by atoms with E-state index < -0.39 is 100 Å². The summed E-state index contributed by atoms with van der Waals surface area (Å²) >= 11 is 0. The Labute approximate surface area is 355 Å². The Morgan fingerprint density at radius 2 is 1.29 bits per heavy atom. The fourth-order valence-corrected chi connectivity index (χ4v) is 5.56. The number of alkyl halides is 6. The molecule has 2 rings (SSSR count). The minimum atomic E-state index is -5.08. The molecular formula is C37H52F6N10O10. The van der Waals surface area contributed by atoms with E-state index >= 15 is 0 Å². The minimum Gasteiger partial charge on any atom is -0.475 e. The number of rotatable bonds is 22. The summed E-state index contributed by atoms with van der Waals surface area (Å²) in [5, 5.41) is 19.4. The molecule has 0 saturated carbocycles. The molecule has 0 aliphatic rings. The number of guanidine groups is 1. The number of carbonyl (C=O) groups is 7. The summed E-state index contributed by atoms with van der Waals surface area (Å²) in [6, 6.07) is -1.47. The molecular weight excluding hydrogens is 858 g/mol. The van der Waals surface area contributed by atoms with E-state index in [0.717, 1.165) is 18.2 Å². The van der Waals surface area contributed by atoms with E-state index in [1.165, 1.54) is 6.92 Å². The standard InChI is InChI=1S/C35H51F3N10O8.C2HF3O2/c1-18(2)15-26(48-32(54)25(11-12-28(40)50)47-31(53)23(44-19(3)49)7-4-5-13-39)33(55)46-24(8-6-14-43-34(41)42)30(52)45-20-9-10-21-22(35(36,37)38)17-29(51)56-27(21)16-20;3-2(4,5)1(6)7/h9-10,16-18,23-26H,4-8,11-15,39H2,1-3H3,(H2,40,50)(H,44,49)(H,45,52)(H,46,55)(H,47,53)(H,48,54)(H4,41,42,43);(H,6,7)/t23-,24-,25-,26-;/m0./s1. The van der Waals surface area contributed by atoms with E-state index in [1.807, 2.05) is 0 Å². The van der Waals surface area contributed by atoms with Gasteiger partial charge < -0.3 is 59.0 Å². The third kappa shape index (κ3) is 20.8. The zero-order valence-corrected chi connectivity index (χ0v) is 34.4. The Morgan fingerprint density at radius 1 is 0.762 bits per heavy atom. The number of aliphatic imine (C=N–C) groups is 1. The van der Waals surface area contributed by atoms with Crippen LogP contribution in [0.3, 0.4) is 0 Å². The molecule has 0 radical (unpaired) electrons. The molecule has 2 aromatic rings. The van der Waals surface area contributed by atoms with Crippen LogP contribution in [-0.4, -0.2) is 95.9 Å². The Kier molecular flexibility index (Phi) is 22.0. The molecule has 6 amide bonds. The molecule has 0 spiro atoms. The smallest absolute Gasteiger partial charge is 0.475 e. The van der Waals surface area contributed by atoms with E-state index in [4.69, 9.17) is 37.3 Å². The minimum absolute atomic E-state index is 0.0508. The second-order valence-electron chi connectivity index (χ2n) is 14.3. The maximum absolute atomic E-state index is 13.8. The van der Waals surface area contributed by atoms with Crippen molar-refractivity contribution in [3.05, 3.63) is 40.2 Å². The van der Waals surface area contributed by atoms with E-state index in [0.29, 0.717) is 25.5 Å². The van der Waals surface area contributed by atoms with Crippen molar-refractivity contribution in [3.63, 3.8) is 0 Å². The van der Waals surface area contributed by atoms with Crippen LogP contribution in [-0.2, 0) is 39.7 Å². The number of amides is 6. The van der Waals surface area contributed by atoms with Crippen molar-refractivity contribution in [1.29, 1.82) is 0 Å². The average molecular weight is 911 g/mol. The van der Waals surface area contributed by atoms with Gasteiger partial charge in [0, 0.05) is 43.1 Å². The van der Waals surface area contributed by atoms with E-state index in [9.17, 15) is 59.9 Å². The molecule has 20 nitrogen and oxygen atoms in total. The molecule has 26 heteroatoms. The molecule has 1 aromatic heterocycles. The van der Waals surface area contributed by atoms with Gasteiger partial charge in [0.2, 0.25) is 35.4 Å². The Morgan fingerprint density at radius 3 is 1.78 bits per heavy atom. The van der Waals surface area contributed by atoms with Gasteiger partial charge in [0.1, 0.15) is 29.8 Å². The van der Waals surface area contributed by atoms with Crippen LogP contribution < -0.4 is 55.1 Å². The van der Waals surface area contributed by atoms with Crippen LogP contribution in [0.2, 0.25) is 0 Å². The lowest BCUT2D eigenvalue weighted by atomic mass is 10.0. The predicted octanol–water partition coefficient (Wildman–Crippen LogP) is 0.837. The maximum atomic E-state index is 13.8. The first-order chi connectivity index (χ1) is 29.2. The number of nitrogens with two attached hydrogens (primary N) is 4. The van der Waals surface area contributed by atoms with Gasteiger partial charge in [-0.2, -0.15) is 26.3 Å². The molecule has 0 fully saturated rings. The van der Waals surface area contributed by atoms with Crippen LogP contribution in [0.1, 0.15) is 77.7 Å². The summed E-state index contributed by atoms with van der Waals surface area (Å²) in [6.07, 6.45) is -9.08. The van der Waals surface area contributed by atoms with Gasteiger partial charge in [-0.25, -0.2) is 9.59 Å². The number of hydrogen-bond acceptors (Lipinski definition) is 11. The molecule has 0 bridgehead atoms. The Bertz CT molecular complexity index is 2010. The van der Waals surface area contributed by atoms with Gasteiger partial charge in [-0.1, -0.05) is 13.8 Å². The quantitative estimate of drug-likeness (QED) is 0.0258. The van der Waals surface area contributed by atoms with Gasteiger partial charge in [-0.3, -0.25) is 33.8 Å². The van der Waals surface area contributed by atoms with Crippen LogP contribution in [0.4, 0.5) is 32.0 Å². The lowest BCUT2D eigenvalue weighted by molar-refractivity contribution is -0.192. The van der Waals surface area contributed by atoms with Crippen LogP contribution in [0, 0.1) is 5.92 Å². The van der Waals surface area contributed by atoms with Crippen molar-refractivity contribution in [2.24, 2.45) is 33.8 Å². The molecule has 4 atom stereocenters. The number of hydrogen-bond donors (Lipinski definition) is 10. The van der Waals surface area contributed by atoms with E-state index in [1.54, 1.807) is 13.8 Å². The van der Waals surface area contributed by atoms with Crippen LogP contribution >= 0.6 is 0 Å². The van der Waals surface area contributed by atoms with Crippen molar-refractivity contribution >= 4 is 64.0 Å². The molecule has 0 unspecified atom stereocenters. The number of carboxylic acids is 1. The SMILES string of the molecule is CC(=O)N[C@@H](CCCCN)C(=O)N[C@@H](CCC(N)=O)C(=O)N[C@@H](CC(C)C)C(=O)N[C@@H](CCCN=C(N)N)C(=O)Nc1ccc2c(C(F)(F)F)cc(=O)oc2c1.O=C(O)C(F)(F)F. The highest BCUT2D eigenvalue weighted by atomic mass is 19.4. The van der Waals surface area contributed by atoms with Crippen LogP contribution in [0.15, 0.2) is 38.5 Å². The first-order valence-electron chi connectivity index (χ1n) is 19.1. The predicted molar refractivity (Wildman–Crippen MR) is 214 cm³/mol. The monoisotopic (exact) mass is 910 g/mol. The second-order valence-corrected chi connectivity index (χ2v) is 14.3. The molecule has 14 N–H and O–H groups in total. The number of carboxylic acid groups (broad SMARTS) is 1. The Hall–Kier alpha value is -6.47. The topological polar surface area (TPSA) is 347 Å². The van der Waals surface area contributed by atoms with Gasteiger partial charge in [-0.05, 0) is 69.5 Å². The third-order valence-electron chi connectivity index (χ3n) is 8.43. The average Bonchev–Trinajstić information content (AvgIpc) is 3.15. The number of unbranched alkanes of at least 4 members (excludes halogenated alkanes) is 1. The van der Waals surface area contributed by atoms with E-state index in [2.05, 4.69) is 31.6 Å². The molecule has 1 heterocycles. The van der Waals surface area contributed by atoms with Crippen molar-refractivity contribution in [2.45, 2.75) is 109 Å². The lowest BCUT2D eigenvalue weighted by Gasteiger charge is -2.27. The van der Waals surface area contributed by atoms with Gasteiger partial charge in [0.05, 0.1) is 5.56 Å². The summed E-state index contributed by atoms with van der Waals surface area (Å²) in [5.74, 6) is -7.64. The van der Waals surface area contributed by atoms with Crippen molar-refractivity contribution in [1.82, 2.24) is 21.3 Å². The number of aliphatic carboxylic acids is 1. The number of halogens is 6. The number of carbonyl (C=O) groups excluding carboxylic acids is 6. The van der Waals surface area contributed by atoms with Gasteiger partial charge in [0.25, 0.3) is 0 Å². The summed E-state index contributed by atoms with van der Waals surface area (Å²) in [4.78, 5) is 102. The fourth-order valence-electron chi connectivity index (χ4n) is 5.56. The number of benzene rings is 1. The first kappa shape index (κ1) is 54.5. The number of primary amides is 1. The number of nitrogens with zero attached hydrogens (tertiary/aromatic N) is 1. The number of nitrogens with one attached hydrogen (secondary N) is 5. The number of anilines is 1. The van der Waals surface area contributed by atoms with Gasteiger partial charge >= 0.3 is 23.9 Å². The summed E-state index contributed by atoms with van der Waals surface area (Å²) in [5.41, 5.74) is 18.7. The van der Waals surface area contributed by atoms with Crippen LogP contribution in [0.25, 0.3) is 11.0 Å². The second kappa shape index (κ2) is 25.5. The van der Waals surface area contributed by atoms with Crippen LogP contribution in [0.5, 0.6) is 0 Å². The highest BCUT2D eigenvalue weighted by Gasteiger charge is 2.38. The van der Waals surface area contributed by atoms with Crippen molar-refractivity contribution < 1.29 is 69.4 Å². The van der Waals surface area contributed by atoms with Crippen molar-refractivity contribution in [2.75, 3.05) is 18.4 Å². The fraction of sp³-hybridized carbons (Fsp3) is 0.541. The highest BCUT2D eigenvalue weighted by Crippen LogP contribution is 2.34. The maximum Gasteiger partial charge on any atom is 0.490 e. The zero-order valence-electron chi connectivity index (χ0n) is 34.4. The van der Waals surface area contributed by atoms with Crippen molar-refractivity contribution in [3.8, 4) is 0 Å². The lowest BCUT2D eigenvalue weighted by Crippen LogP contribution is -2.58. The molecule has 0 aliphatic heterocycles. The first-order valence-corrected chi connectivity index (χ1v) is 19.1. The molecule has 0 saturated heterocycles. The molecule has 352 valence electrons. The molecule has 1 aromatic carbocycles. The van der Waals surface area contributed by atoms with E-state index in [-0.39, 0.29) is 62.6 Å². The normalized spacial score (nSPS) is 13.3. The summed E-state index contributed by atoms with van der Waals surface area (Å²) in [6.45, 7) is 5.16. The molecule has 63 heavy (non-hydrogen) atoms. The van der Waals surface area contributed by atoms with Gasteiger partial charge in [-0.15, -0.1) is 0 Å². The summed E-state index contributed by atoms with van der Waals surface area (Å²) in [7, 11) is 0. The Balaban J connectivity index is 0.00000260.